The van der Waals surface area contributed by atoms with Crippen LogP contribution in [-0.2, 0) is 4.74 Å². The van der Waals surface area contributed by atoms with Crippen LogP contribution in [0.3, 0.4) is 0 Å². The molecule has 0 spiro atoms. The van der Waals surface area contributed by atoms with Crippen LogP contribution in [-0.4, -0.2) is 30.3 Å². The van der Waals surface area contributed by atoms with E-state index in [-0.39, 0.29) is 6.10 Å². The predicted molar refractivity (Wildman–Crippen MR) is 62.8 cm³/mol. The normalized spacial score (nSPS) is 24.4. The largest absolute Gasteiger partial charge is 0.478 e. The molecule has 0 saturated carbocycles. The van der Waals surface area contributed by atoms with Crippen LogP contribution in [0.1, 0.15) is 20.3 Å². The van der Waals surface area contributed by atoms with E-state index in [1.54, 1.807) is 6.20 Å². The summed E-state index contributed by atoms with van der Waals surface area (Å²) < 4.78 is 10.8. The lowest BCUT2D eigenvalue weighted by Crippen LogP contribution is -2.26. The molecule has 0 amide bonds. The van der Waals surface area contributed by atoms with Crippen molar-refractivity contribution < 1.29 is 9.47 Å². The number of hydrogen-bond donors (Lipinski definition) is 1. The Morgan fingerprint density at radius 3 is 3.00 bits per heavy atom. The molecule has 2 heterocycles. The van der Waals surface area contributed by atoms with E-state index in [1.807, 2.05) is 19.1 Å². The zero-order valence-electron chi connectivity index (χ0n) is 9.77. The highest BCUT2D eigenvalue weighted by Gasteiger charge is 2.23. The van der Waals surface area contributed by atoms with Crippen LogP contribution in [0.25, 0.3) is 0 Å². The van der Waals surface area contributed by atoms with Crippen LogP contribution >= 0.6 is 0 Å². The molecular weight excluding hydrogens is 204 g/mol. The fourth-order valence-electron chi connectivity index (χ4n) is 1.83. The average Bonchev–Trinajstić information content (AvgIpc) is 2.68. The first kappa shape index (κ1) is 11.2. The van der Waals surface area contributed by atoms with Crippen LogP contribution in [0.15, 0.2) is 18.3 Å². The first-order valence-corrected chi connectivity index (χ1v) is 5.76. The summed E-state index contributed by atoms with van der Waals surface area (Å²) in [5.41, 5.74) is 1.02. The summed E-state index contributed by atoms with van der Waals surface area (Å²) in [5.74, 6) is 0.670. The first-order chi connectivity index (χ1) is 7.79. The lowest BCUT2D eigenvalue weighted by Gasteiger charge is -2.17. The van der Waals surface area contributed by atoms with Gasteiger partial charge < -0.3 is 14.8 Å². The summed E-state index contributed by atoms with van der Waals surface area (Å²) in [6, 6.07) is 4.26. The predicted octanol–water partition coefficient (Wildman–Crippen LogP) is 2.07. The van der Waals surface area contributed by atoms with Gasteiger partial charge in [0.1, 0.15) is 0 Å². The molecule has 16 heavy (non-hydrogen) atoms. The number of pyridine rings is 1. The Balaban J connectivity index is 1.94. The fourth-order valence-corrected chi connectivity index (χ4v) is 1.83. The van der Waals surface area contributed by atoms with E-state index >= 15 is 0 Å². The Bertz CT molecular complexity index is 326. The molecule has 2 rings (SSSR count). The fraction of sp³-hybridized carbons (Fsp3) is 0.583. The van der Waals surface area contributed by atoms with Gasteiger partial charge in [-0.3, -0.25) is 0 Å². The van der Waals surface area contributed by atoms with Crippen molar-refractivity contribution >= 4 is 5.69 Å². The smallest absolute Gasteiger partial charge is 0.213 e. The Hall–Kier alpha value is -1.29. The van der Waals surface area contributed by atoms with Crippen molar-refractivity contribution in [1.82, 2.24) is 4.98 Å². The maximum atomic E-state index is 5.49. The van der Waals surface area contributed by atoms with Gasteiger partial charge in [0.05, 0.1) is 30.6 Å². The summed E-state index contributed by atoms with van der Waals surface area (Å²) in [5, 5.41) is 3.42. The molecule has 0 radical (unpaired) electrons. The minimum absolute atomic E-state index is 0.270. The second kappa shape index (κ2) is 5.16. The van der Waals surface area contributed by atoms with Crippen LogP contribution < -0.4 is 10.1 Å². The van der Waals surface area contributed by atoms with E-state index in [2.05, 4.69) is 17.2 Å². The lowest BCUT2D eigenvalue weighted by atomic mass is 10.1. The van der Waals surface area contributed by atoms with Gasteiger partial charge in [-0.1, -0.05) is 0 Å². The van der Waals surface area contributed by atoms with Crippen LogP contribution in [0.4, 0.5) is 5.69 Å². The molecule has 1 fully saturated rings. The molecule has 4 heteroatoms. The van der Waals surface area contributed by atoms with Gasteiger partial charge in [0, 0.05) is 12.7 Å². The minimum Gasteiger partial charge on any atom is -0.478 e. The summed E-state index contributed by atoms with van der Waals surface area (Å²) in [6.07, 6.45) is 3.12. The SMILES string of the molecule is CCOc1ccc(NC2CCOC2C)cn1. The van der Waals surface area contributed by atoms with Gasteiger partial charge in [-0.15, -0.1) is 0 Å². The van der Waals surface area contributed by atoms with Crippen LogP contribution in [0.2, 0.25) is 0 Å². The van der Waals surface area contributed by atoms with Gasteiger partial charge in [-0.05, 0) is 26.3 Å². The van der Waals surface area contributed by atoms with Gasteiger partial charge in [0.2, 0.25) is 5.88 Å². The molecule has 1 aromatic rings. The van der Waals surface area contributed by atoms with Crippen molar-refractivity contribution in [3.05, 3.63) is 18.3 Å². The van der Waals surface area contributed by atoms with E-state index in [0.717, 1.165) is 18.7 Å². The monoisotopic (exact) mass is 222 g/mol. The van der Waals surface area contributed by atoms with Crippen molar-refractivity contribution in [2.75, 3.05) is 18.5 Å². The summed E-state index contributed by atoms with van der Waals surface area (Å²) >= 11 is 0. The number of aromatic nitrogens is 1. The number of hydrogen-bond acceptors (Lipinski definition) is 4. The number of anilines is 1. The topological polar surface area (TPSA) is 43.4 Å². The summed E-state index contributed by atoms with van der Waals surface area (Å²) in [4.78, 5) is 4.21. The van der Waals surface area contributed by atoms with Crippen molar-refractivity contribution in [2.24, 2.45) is 0 Å². The van der Waals surface area contributed by atoms with Crippen molar-refractivity contribution in [1.29, 1.82) is 0 Å². The van der Waals surface area contributed by atoms with Crippen molar-refractivity contribution in [3.8, 4) is 5.88 Å². The highest BCUT2D eigenvalue weighted by Crippen LogP contribution is 2.19. The molecule has 4 nitrogen and oxygen atoms in total. The second-order valence-corrected chi connectivity index (χ2v) is 3.93. The molecule has 88 valence electrons. The Morgan fingerprint density at radius 1 is 1.56 bits per heavy atom. The van der Waals surface area contributed by atoms with Crippen molar-refractivity contribution in [2.45, 2.75) is 32.4 Å². The lowest BCUT2D eigenvalue weighted by molar-refractivity contribution is 0.121. The third-order valence-electron chi connectivity index (χ3n) is 2.76. The number of rotatable bonds is 4. The minimum atomic E-state index is 0.270. The van der Waals surface area contributed by atoms with Crippen molar-refractivity contribution in [3.63, 3.8) is 0 Å². The second-order valence-electron chi connectivity index (χ2n) is 3.93. The summed E-state index contributed by atoms with van der Waals surface area (Å²) in [7, 11) is 0. The van der Waals surface area contributed by atoms with Crippen LogP contribution in [0.5, 0.6) is 5.88 Å². The third-order valence-corrected chi connectivity index (χ3v) is 2.76. The average molecular weight is 222 g/mol. The van der Waals surface area contributed by atoms with Crippen LogP contribution in [0, 0.1) is 0 Å². The summed E-state index contributed by atoms with van der Waals surface area (Å²) in [6.45, 7) is 5.52. The third kappa shape index (κ3) is 2.64. The van der Waals surface area contributed by atoms with E-state index < -0.39 is 0 Å². The molecule has 0 bridgehead atoms. The van der Waals surface area contributed by atoms with E-state index in [0.29, 0.717) is 18.5 Å². The highest BCUT2D eigenvalue weighted by molar-refractivity contribution is 5.43. The maximum absolute atomic E-state index is 5.49. The zero-order chi connectivity index (χ0) is 11.4. The zero-order valence-corrected chi connectivity index (χ0v) is 9.77. The molecule has 1 aliphatic heterocycles. The maximum Gasteiger partial charge on any atom is 0.213 e. The van der Waals surface area contributed by atoms with Gasteiger partial charge in [-0.25, -0.2) is 4.98 Å². The molecule has 1 saturated heterocycles. The van der Waals surface area contributed by atoms with E-state index in [9.17, 15) is 0 Å². The Kier molecular flexibility index (Phi) is 3.62. The molecule has 2 atom stereocenters. The Morgan fingerprint density at radius 2 is 2.44 bits per heavy atom. The number of ether oxygens (including phenoxy) is 2. The van der Waals surface area contributed by atoms with Gasteiger partial charge in [0.15, 0.2) is 0 Å². The molecule has 0 aliphatic carbocycles. The highest BCUT2D eigenvalue weighted by atomic mass is 16.5. The van der Waals surface area contributed by atoms with Gasteiger partial charge in [0.25, 0.3) is 0 Å². The number of nitrogens with zero attached hydrogens (tertiary/aromatic N) is 1. The van der Waals surface area contributed by atoms with Gasteiger partial charge in [-0.2, -0.15) is 0 Å². The van der Waals surface area contributed by atoms with Gasteiger partial charge >= 0.3 is 0 Å². The molecular formula is C12H18N2O2. The number of nitrogens with one attached hydrogen (secondary N) is 1. The first-order valence-electron chi connectivity index (χ1n) is 5.76. The van der Waals surface area contributed by atoms with E-state index in [1.165, 1.54) is 0 Å². The molecule has 1 aromatic heterocycles. The molecule has 2 unspecified atom stereocenters. The standard InChI is InChI=1S/C12H18N2O2/c1-3-15-12-5-4-10(8-13-12)14-11-6-7-16-9(11)2/h4-5,8-9,11,14H,3,6-7H2,1-2H3. The molecule has 0 aromatic carbocycles. The van der Waals surface area contributed by atoms with E-state index in [4.69, 9.17) is 9.47 Å². The quantitative estimate of drug-likeness (QED) is 0.847. The molecule has 1 aliphatic rings. The molecule has 1 N–H and O–H groups in total. The Labute approximate surface area is 96.0 Å².